The van der Waals surface area contributed by atoms with E-state index >= 15 is 0 Å². The first-order valence-electron chi connectivity index (χ1n) is 6.31. The highest BCUT2D eigenvalue weighted by Crippen LogP contribution is 2.23. The molecule has 1 heterocycles. The Labute approximate surface area is 119 Å². The van der Waals surface area contributed by atoms with Crippen LogP contribution in [0, 0.1) is 5.92 Å². The molecule has 0 aliphatic carbocycles. The Kier molecular flexibility index (Phi) is 6.28. The van der Waals surface area contributed by atoms with Crippen LogP contribution in [0.15, 0.2) is 6.07 Å². The molecule has 0 aliphatic heterocycles. The third kappa shape index (κ3) is 5.80. The molecule has 0 unspecified atom stereocenters. The third-order valence-corrected chi connectivity index (χ3v) is 2.44. The second kappa shape index (κ2) is 7.51. The maximum atomic E-state index is 12.7. The summed E-state index contributed by atoms with van der Waals surface area (Å²) in [6.45, 7) is 2.17. The third-order valence-electron chi connectivity index (χ3n) is 2.44. The number of ether oxygens (including phenoxy) is 1. The number of hydrazine groups is 1. The van der Waals surface area contributed by atoms with Gasteiger partial charge >= 0.3 is 12.3 Å². The van der Waals surface area contributed by atoms with Crippen LogP contribution in [0.25, 0.3) is 0 Å². The molecule has 0 saturated heterocycles. The number of aromatic nitrogens is 2. The van der Waals surface area contributed by atoms with Crippen LogP contribution in [0.5, 0.6) is 0 Å². The molecular weight excluding hydrogens is 292 g/mol. The van der Waals surface area contributed by atoms with Crippen molar-refractivity contribution in [1.82, 2.24) is 9.97 Å². The van der Waals surface area contributed by atoms with Gasteiger partial charge in [0.1, 0.15) is 19.0 Å². The first-order valence-corrected chi connectivity index (χ1v) is 6.31. The van der Waals surface area contributed by atoms with Crippen LogP contribution in [0.2, 0.25) is 0 Å². The predicted octanol–water partition coefficient (Wildman–Crippen LogP) is 2.38. The van der Waals surface area contributed by atoms with Gasteiger partial charge in [-0.25, -0.2) is 24.6 Å². The van der Waals surface area contributed by atoms with E-state index in [-0.39, 0.29) is 5.82 Å². The van der Waals surface area contributed by atoms with Gasteiger partial charge in [-0.2, -0.15) is 8.78 Å². The highest BCUT2D eigenvalue weighted by molar-refractivity contribution is 5.34. The van der Waals surface area contributed by atoms with E-state index in [1.165, 1.54) is 0 Å². The number of nitrogens with one attached hydrogen (secondary N) is 1. The monoisotopic (exact) mass is 310 g/mol. The molecule has 0 radical (unpaired) electrons. The molecule has 9 heteroatoms. The summed E-state index contributed by atoms with van der Waals surface area (Å²) in [6, 6.07) is 1.62. The number of hydrogen-bond acceptors (Lipinski definition) is 5. The molecule has 1 rings (SSSR count). The normalized spacial score (nSPS) is 12.2. The average Bonchev–Trinajstić information content (AvgIpc) is 2.37. The average molecular weight is 310 g/mol. The number of alkyl halides is 4. The van der Waals surface area contributed by atoms with E-state index in [1.807, 2.05) is 13.8 Å². The summed E-state index contributed by atoms with van der Waals surface area (Å²) in [6.07, 6.45) is -3.14. The molecule has 0 bridgehead atoms. The second-order valence-corrected chi connectivity index (χ2v) is 4.96. The first kappa shape index (κ1) is 17.6. The van der Waals surface area contributed by atoms with Crippen LogP contribution in [0.1, 0.15) is 25.4 Å². The van der Waals surface area contributed by atoms with Crippen molar-refractivity contribution >= 4 is 5.82 Å². The van der Waals surface area contributed by atoms with E-state index in [2.05, 4.69) is 20.1 Å². The Bertz CT molecular complexity index is 457. The van der Waals surface area contributed by atoms with Crippen LogP contribution in [-0.4, -0.2) is 28.9 Å². The number of halogens is 4. The van der Waals surface area contributed by atoms with E-state index in [0.29, 0.717) is 23.9 Å². The van der Waals surface area contributed by atoms with Crippen LogP contribution in [-0.2, 0) is 17.8 Å². The highest BCUT2D eigenvalue weighted by Gasteiger charge is 2.41. The summed E-state index contributed by atoms with van der Waals surface area (Å²) in [7, 11) is 0. The smallest absolute Gasteiger partial charge is 0.330 e. The largest absolute Gasteiger partial charge is 0.367 e. The van der Waals surface area contributed by atoms with Crippen molar-refractivity contribution in [3.05, 3.63) is 17.6 Å². The Hall–Kier alpha value is -1.48. The summed E-state index contributed by atoms with van der Waals surface area (Å²) >= 11 is 0. The minimum atomic E-state index is -4.19. The molecule has 21 heavy (non-hydrogen) atoms. The lowest BCUT2D eigenvalue weighted by molar-refractivity contribution is -0.168. The molecule has 0 aliphatic rings. The number of hydrogen-bond donors (Lipinski definition) is 2. The molecule has 5 nitrogen and oxygen atoms in total. The Morgan fingerprint density at radius 2 is 2.00 bits per heavy atom. The zero-order chi connectivity index (χ0) is 16.0. The fraction of sp³-hybridized carbons (Fsp3) is 0.667. The van der Waals surface area contributed by atoms with Crippen molar-refractivity contribution in [3.63, 3.8) is 0 Å². The molecule has 1 aromatic rings. The fourth-order valence-electron chi connectivity index (χ4n) is 1.55. The minimum absolute atomic E-state index is 0.103. The predicted molar refractivity (Wildman–Crippen MR) is 69.0 cm³/mol. The van der Waals surface area contributed by atoms with Crippen molar-refractivity contribution in [2.75, 3.05) is 12.0 Å². The Morgan fingerprint density at radius 1 is 1.33 bits per heavy atom. The van der Waals surface area contributed by atoms with Gasteiger partial charge in [-0.05, 0) is 12.3 Å². The van der Waals surface area contributed by atoms with Crippen molar-refractivity contribution in [2.24, 2.45) is 11.8 Å². The molecule has 0 saturated carbocycles. The molecule has 0 fully saturated rings. The molecule has 1 aromatic heterocycles. The summed E-state index contributed by atoms with van der Waals surface area (Å²) in [4.78, 5) is 8.04. The highest BCUT2D eigenvalue weighted by atomic mass is 19.3. The van der Waals surface area contributed by atoms with Gasteiger partial charge in [-0.1, -0.05) is 13.8 Å². The lowest BCUT2D eigenvalue weighted by Gasteiger charge is -2.15. The Balaban J connectivity index is 2.70. The standard InChI is InChI=1S/C12H18F4N4O/c1-7(2)3-8-4-9(20-17)19-10(18-8)5-21-6-12(15,16)11(13)14/h4,7,11H,3,5-6,17H2,1-2H3,(H,18,19,20). The molecular formula is C12H18F4N4O. The molecule has 120 valence electrons. The number of rotatable bonds is 8. The van der Waals surface area contributed by atoms with Gasteiger partial charge < -0.3 is 10.2 Å². The van der Waals surface area contributed by atoms with Gasteiger partial charge in [0, 0.05) is 11.8 Å². The van der Waals surface area contributed by atoms with Crippen LogP contribution >= 0.6 is 0 Å². The fourth-order valence-corrected chi connectivity index (χ4v) is 1.55. The summed E-state index contributed by atoms with van der Waals surface area (Å²) in [5.74, 6) is 1.80. The molecule has 3 N–H and O–H groups in total. The van der Waals surface area contributed by atoms with Gasteiger partial charge in [0.25, 0.3) is 0 Å². The van der Waals surface area contributed by atoms with Gasteiger partial charge in [-0.3, -0.25) is 0 Å². The van der Waals surface area contributed by atoms with Gasteiger partial charge in [0.2, 0.25) is 0 Å². The SMILES string of the molecule is CC(C)Cc1cc(NN)nc(COCC(F)(F)C(F)F)n1. The lowest BCUT2D eigenvalue weighted by Crippen LogP contribution is -2.32. The van der Waals surface area contributed by atoms with E-state index in [1.54, 1.807) is 6.07 Å². The summed E-state index contributed by atoms with van der Waals surface area (Å²) < 4.78 is 53.9. The number of nitrogens with two attached hydrogens (primary N) is 1. The number of nitrogens with zero attached hydrogens (tertiary/aromatic N) is 2. The molecule has 0 aromatic carbocycles. The Morgan fingerprint density at radius 3 is 2.52 bits per heavy atom. The van der Waals surface area contributed by atoms with E-state index in [0.717, 1.165) is 0 Å². The molecule has 0 amide bonds. The topological polar surface area (TPSA) is 73.1 Å². The van der Waals surface area contributed by atoms with Crippen molar-refractivity contribution < 1.29 is 22.3 Å². The lowest BCUT2D eigenvalue weighted by atomic mass is 10.1. The van der Waals surface area contributed by atoms with Crippen molar-refractivity contribution in [1.29, 1.82) is 0 Å². The minimum Gasteiger partial charge on any atom is -0.367 e. The second-order valence-electron chi connectivity index (χ2n) is 4.96. The van der Waals surface area contributed by atoms with Crippen molar-refractivity contribution in [2.45, 2.75) is 39.2 Å². The molecule has 0 atom stereocenters. The van der Waals surface area contributed by atoms with Crippen LogP contribution in [0.3, 0.4) is 0 Å². The van der Waals surface area contributed by atoms with E-state index in [9.17, 15) is 17.6 Å². The molecule has 0 spiro atoms. The zero-order valence-corrected chi connectivity index (χ0v) is 11.7. The van der Waals surface area contributed by atoms with E-state index < -0.39 is 25.6 Å². The van der Waals surface area contributed by atoms with Crippen LogP contribution < -0.4 is 11.3 Å². The van der Waals surface area contributed by atoms with Gasteiger partial charge in [0.15, 0.2) is 5.82 Å². The maximum Gasteiger partial charge on any atom is 0.330 e. The number of anilines is 1. The summed E-state index contributed by atoms with van der Waals surface area (Å²) in [5, 5.41) is 0. The van der Waals surface area contributed by atoms with E-state index in [4.69, 9.17) is 5.84 Å². The summed E-state index contributed by atoms with van der Waals surface area (Å²) in [5.41, 5.74) is 2.99. The van der Waals surface area contributed by atoms with Crippen molar-refractivity contribution in [3.8, 4) is 0 Å². The van der Waals surface area contributed by atoms with Gasteiger partial charge in [0.05, 0.1) is 0 Å². The van der Waals surface area contributed by atoms with Crippen LogP contribution in [0.4, 0.5) is 23.4 Å². The quantitative estimate of drug-likeness (QED) is 0.438. The van der Waals surface area contributed by atoms with Gasteiger partial charge in [-0.15, -0.1) is 0 Å². The zero-order valence-electron chi connectivity index (χ0n) is 11.7. The number of nitrogen functional groups attached to an aromatic ring is 1. The maximum absolute atomic E-state index is 12.7. The first-order chi connectivity index (χ1) is 9.74.